The van der Waals surface area contributed by atoms with Gasteiger partial charge >= 0.3 is 0 Å². The normalized spacial score (nSPS) is 13.9. The minimum absolute atomic E-state index is 0.0546. The molecule has 0 aliphatic rings. The average Bonchev–Trinajstić information content (AvgIpc) is 2.60. The van der Waals surface area contributed by atoms with Crippen LogP contribution in [0.2, 0.25) is 0 Å². The second kappa shape index (κ2) is 8.55. The molecule has 152 valence electrons. The van der Waals surface area contributed by atoms with Crippen LogP contribution in [-0.2, 0) is 10.0 Å². The number of phenolic OH excluding ortho intramolecular Hbond substituents is 1. The van der Waals surface area contributed by atoms with Gasteiger partial charge in [-0.05, 0) is 50.6 Å². The monoisotopic (exact) mass is 409 g/mol. The van der Waals surface area contributed by atoms with E-state index in [9.17, 15) is 28.7 Å². The second-order valence-electron chi connectivity index (χ2n) is 6.68. The lowest BCUT2D eigenvalue weighted by atomic mass is 10.0. The Hall–Kier alpha value is -2.69. The molecule has 28 heavy (non-hydrogen) atoms. The first-order valence-electron chi connectivity index (χ1n) is 8.55. The first kappa shape index (κ1) is 21.6. The summed E-state index contributed by atoms with van der Waals surface area (Å²) in [4.78, 5) is 10.5. The van der Waals surface area contributed by atoms with Crippen molar-refractivity contribution in [3.05, 3.63) is 58.1 Å². The quantitative estimate of drug-likeness (QED) is 0.388. The first-order valence-corrected chi connectivity index (χ1v) is 10.0. The van der Waals surface area contributed by atoms with Crippen molar-refractivity contribution in [2.75, 3.05) is 5.32 Å². The van der Waals surface area contributed by atoms with E-state index in [-0.39, 0.29) is 22.4 Å². The van der Waals surface area contributed by atoms with Gasteiger partial charge in [0.1, 0.15) is 11.4 Å². The minimum Gasteiger partial charge on any atom is -0.508 e. The summed E-state index contributed by atoms with van der Waals surface area (Å²) < 4.78 is 26.9. The van der Waals surface area contributed by atoms with Gasteiger partial charge in [0.15, 0.2) is 0 Å². The van der Waals surface area contributed by atoms with Gasteiger partial charge in [-0.25, -0.2) is 13.1 Å². The van der Waals surface area contributed by atoms with E-state index < -0.39 is 32.8 Å². The fourth-order valence-electron chi connectivity index (χ4n) is 2.61. The van der Waals surface area contributed by atoms with Crippen molar-refractivity contribution in [2.24, 2.45) is 0 Å². The number of aliphatic hydroxyl groups is 1. The molecule has 0 heterocycles. The summed E-state index contributed by atoms with van der Waals surface area (Å²) >= 11 is 0. The van der Waals surface area contributed by atoms with Gasteiger partial charge in [-0.3, -0.25) is 10.1 Å². The Morgan fingerprint density at radius 3 is 2.21 bits per heavy atom. The molecular formula is C18H23N3O6S. The minimum atomic E-state index is -3.88. The van der Waals surface area contributed by atoms with Crippen molar-refractivity contribution in [1.29, 1.82) is 0 Å². The molecule has 10 heteroatoms. The maximum absolute atomic E-state index is 12.3. The predicted molar refractivity (Wildman–Crippen MR) is 105 cm³/mol. The number of benzene rings is 2. The third-order valence-electron chi connectivity index (χ3n) is 3.96. The average molecular weight is 409 g/mol. The zero-order chi connectivity index (χ0) is 21.1. The molecule has 0 radical (unpaired) electrons. The molecule has 2 aromatic carbocycles. The molecule has 0 saturated carbocycles. The molecule has 0 amide bonds. The number of hydrogen-bond acceptors (Lipinski definition) is 7. The Kier molecular flexibility index (Phi) is 6.60. The number of anilines is 1. The lowest BCUT2D eigenvalue weighted by Gasteiger charge is -2.22. The summed E-state index contributed by atoms with van der Waals surface area (Å²) in [6.45, 7) is 4.93. The van der Waals surface area contributed by atoms with Crippen molar-refractivity contribution in [3.8, 4) is 5.75 Å². The second-order valence-corrected chi connectivity index (χ2v) is 8.40. The summed E-state index contributed by atoms with van der Waals surface area (Å²) in [5.74, 6) is 0.0546. The number of nitro benzene ring substituents is 1. The van der Waals surface area contributed by atoms with E-state index in [4.69, 9.17) is 0 Å². The molecule has 0 aliphatic carbocycles. The highest BCUT2D eigenvalue weighted by molar-refractivity contribution is 7.89. The highest BCUT2D eigenvalue weighted by atomic mass is 32.2. The van der Waals surface area contributed by atoms with Crippen LogP contribution in [0.5, 0.6) is 5.75 Å². The highest BCUT2D eigenvalue weighted by Crippen LogP contribution is 2.30. The van der Waals surface area contributed by atoms with Crippen LogP contribution in [0, 0.1) is 10.1 Å². The number of nitrogens with one attached hydrogen (secondary N) is 2. The third-order valence-corrected chi connectivity index (χ3v) is 5.61. The van der Waals surface area contributed by atoms with Gasteiger partial charge in [0, 0.05) is 12.1 Å². The highest BCUT2D eigenvalue weighted by Gasteiger charge is 2.24. The lowest BCUT2D eigenvalue weighted by molar-refractivity contribution is -0.384. The lowest BCUT2D eigenvalue weighted by Crippen LogP contribution is -2.30. The molecule has 0 saturated heterocycles. The van der Waals surface area contributed by atoms with Gasteiger partial charge in [-0.15, -0.1) is 0 Å². The van der Waals surface area contributed by atoms with Gasteiger partial charge in [-0.1, -0.05) is 12.1 Å². The SMILES string of the molecule is CC(C)NS(=O)(=O)c1ccc(N[C@@H](C)[C@H](O)c2ccc(O)cc2)c([N+](=O)[O-])c1. The van der Waals surface area contributed by atoms with Gasteiger partial charge in [0.05, 0.1) is 22.0 Å². The zero-order valence-electron chi connectivity index (χ0n) is 15.7. The number of sulfonamides is 1. The van der Waals surface area contributed by atoms with Crippen molar-refractivity contribution in [3.63, 3.8) is 0 Å². The Balaban J connectivity index is 2.30. The summed E-state index contributed by atoms with van der Waals surface area (Å²) in [5, 5.41) is 34.1. The molecule has 2 rings (SSSR count). The van der Waals surface area contributed by atoms with E-state index in [0.717, 1.165) is 6.07 Å². The molecule has 0 aromatic heterocycles. The number of aliphatic hydroxyl groups excluding tert-OH is 1. The van der Waals surface area contributed by atoms with Crippen molar-refractivity contribution < 1.29 is 23.6 Å². The summed E-state index contributed by atoms with van der Waals surface area (Å²) in [6.07, 6.45) is -1.01. The Morgan fingerprint density at radius 2 is 1.68 bits per heavy atom. The predicted octanol–water partition coefficient (Wildman–Crippen LogP) is 2.52. The number of hydrogen-bond donors (Lipinski definition) is 4. The molecule has 0 bridgehead atoms. The maximum Gasteiger partial charge on any atom is 0.293 e. The summed E-state index contributed by atoms with van der Waals surface area (Å²) in [6, 6.07) is 8.49. The van der Waals surface area contributed by atoms with Gasteiger partial charge in [0.2, 0.25) is 10.0 Å². The van der Waals surface area contributed by atoms with E-state index in [2.05, 4.69) is 10.0 Å². The Labute approximate surface area is 163 Å². The van der Waals surface area contributed by atoms with Crippen LogP contribution in [-0.4, -0.2) is 35.6 Å². The van der Waals surface area contributed by atoms with E-state index in [1.165, 1.54) is 24.3 Å². The number of nitrogens with zero attached hydrogens (tertiary/aromatic N) is 1. The molecule has 9 nitrogen and oxygen atoms in total. The van der Waals surface area contributed by atoms with Crippen molar-refractivity contribution >= 4 is 21.4 Å². The van der Waals surface area contributed by atoms with E-state index >= 15 is 0 Å². The van der Waals surface area contributed by atoms with Crippen LogP contribution in [0.3, 0.4) is 0 Å². The maximum atomic E-state index is 12.3. The third kappa shape index (κ3) is 5.18. The van der Waals surface area contributed by atoms with Crippen LogP contribution in [0.15, 0.2) is 47.4 Å². The van der Waals surface area contributed by atoms with E-state index in [1.54, 1.807) is 32.9 Å². The van der Waals surface area contributed by atoms with E-state index in [0.29, 0.717) is 5.56 Å². The smallest absolute Gasteiger partial charge is 0.293 e. The van der Waals surface area contributed by atoms with E-state index in [1.807, 2.05) is 0 Å². The molecule has 0 unspecified atom stereocenters. The fourth-order valence-corrected chi connectivity index (χ4v) is 3.89. The number of nitro groups is 1. The first-order chi connectivity index (χ1) is 13.0. The molecule has 0 fully saturated rings. The molecule has 4 N–H and O–H groups in total. The van der Waals surface area contributed by atoms with Gasteiger partial charge < -0.3 is 15.5 Å². The summed E-state index contributed by atoms with van der Waals surface area (Å²) in [5.41, 5.74) is 0.177. The zero-order valence-corrected chi connectivity index (χ0v) is 16.5. The number of aromatic hydroxyl groups is 1. The Bertz CT molecular complexity index is 944. The standard InChI is InChI=1S/C18H23N3O6S/c1-11(2)20-28(26,27)15-8-9-16(17(10-15)21(24)25)19-12(3)18(23)13-4-6-14(22)7-5-13/h4-12,18-20,22-23H,1-3H3/t12-,18-/m0/s1. The molecule has 0 spiro atoms. The molecule has 0 aliphatic heterocycles. The van der Waals surface area contributed by atoms with Crippen LogP contribution >= 0.6 is 0 Å². The van der Waals surface area contributed by atoms with Crippen molar-refractivity contribution in [2.45, 2.75) is 43.9 Å². The van der Waals surface area contributed by atoms with Crippen LogP contribution in [0.25, 0.3) is 0 Å². The van der Waals surface area contributed by atoms with Crippen LogP contribution in [0.4, 0.5) is 11.4 Å². The van der Waals surface area contributed by atoms with Crippen LogP contribution in [0.1, 0.15) is 32.4 Å². The van der Waals surface area contributed by atoms with Gasteiger partial charge in [-0.2, -0.15) is 0 Å². The van der Waals surface area contributed by atoms with Crippen LogP contribution < -0.4 is 10.0 Å². The van der Waals surface area contributed by atoms with Crippen molar-refractivity contribution in [1.82, 2.24) is 4.72 Å². The molecule has 2 atom stereocenters. The molecular weight excluding hydrogens is 386 g/mol. The Morgan fingerprint density at radius 1 is 1.07 bits per heavy atom. The topological polar surface area (TPSA) is 142 Å². The van der Waals surface area contributed by atoms with Gasteiger partial charge in [0.25, 0.3) is 5.69 Å². The number of rotatable bonds is 8. The summed E-state index contributed by atoms with van der Waals surface area (Å²) in [7, 11) is -3.88. The fraction of sp³-hybridized carbons (Fsp3) is 0.333. The largest absolute Gasteiger partial charge is 0.508 e. The number of phenols is 1. The molecule has 2 aromatic rings.